The minimum atomic E-state index is -0.490. The number of hydrogen-bond donors (Lipinski definition) is 1. The number of piperidine rings is 1. The molecule has 4 rings (SSSR count). The van der Waals surface area contributed by atoms with Gasteiger partial charge in [-0.25, -0.2) is 0 Å². The van der Waals surface area contributed by atoms with E-state index in [1.165, 1.54) is 0 Å². The smallest absolute Gasteiger partial charge is 0.253 e. The fourth-order valence-electron chi connectivity index (χ4n) is 4.17. The largest absolute Gasteiger partial charge is 0.355 e. The van der Waals surface area contributed by atoms with Crippen LogP contribution < -0.4 is 5.32 Å². The number of benzene rings is 2. The number of nitrogens with zero attached hydrogens (tertiary/aromatic N) is 2. The van der Waals surface area contributed by atoms with Gasteiger partial charge in [-0.1, -0.05) is 30.3 Å². The highest BCUT2D eigenvalue weighted by Gasteiger charge is 2.41. The van der Waals surface area contributed by atoms with Gasteiger partial charge in [0, 0.05) is 42.4 Å². The van der Waals surface area contributed by atoms with E-state index in [0.717, 1.165) is 16.9 Å². The van der Waals surface area contributed by atoms with Crippen LogP contribution in [0.15, 0.2) is 79.1 Å². The molecule has 0 unspecified atom stereocenters. The molecule has 1 aliphatic rings. The molecule has 1 aliphatic heterocycles. The van der Waals surface area contributed by atoms with E-state index in [1.807, 2.05) is 71.6 Å². The average molecular weight is 399 g/mol. The Hall–Kier alpha value is -3.47. The van der Waals surface area contributed by atoms with Crippen LogP contribution in [0.4, 0.5) is 11.4 Å². The maximum absolute atomic E-state index is 13.0. The van der Waals surface area contributed by atoms with E-state index >= 15 is 0 Å². The zero-order chi connectivity index (χ0) is 21.0. The van der Waals surface area contributed by atoms with Gasteiger partial charge in [0.05, 0.1) is 5.41 Å². The quantitative estimate of drug-likeness (QED) is 0.682. The van der Waals surface area contributed by atoms with Crippen LogP contribution in [0.1, 0.15) is 35.7 Å². The number of ketones is 1. The van der Waals surface area contributed by atoms with E-state index in [9.17, 15) is 9.59 Å². The molecular formula is C25H25N3O2. The summed E-state index contributed by atoms with van der Waals surface area (Å²) >= 11 is 0. The molecule has 0 spiro atoms. The molecule has 0 saturated carbocycles. The number of Topliss-reactive ketones (excluding diaryl/α,β-unsaturated/α-hetero) is 1. The number of hydrogen-bond acceptors (Lipinski definition) is 4. The fourth-order valence-corrected chi connectivity index (χ4v) is 4.17. The van der Waals surface area contributed by atoms with Gasteiger partial charge in [-0.15, -0.1) is 0 Å². The van der Waals surface area contributed by atoms with Gasteiger partial charge >= 0.3 is 0 Å². The Labute approximate surface area is 176 Å². The summed E-state index contributed by atoms with van der Waals surface area (Å²) in [6, 6.07) is 21.2. The van der Waals surface area contributed by atoms with Crippen LogP contribution in [0.3, 0.4) is 0 Å². The second-order valence-corrected chi connectivity index (χ2v) is 7.73. The second kappa shape index (κ2) is 8.49. The van der Waals surface area contributed by atoms with E-state index in [-0.39, 0.29) is 11.7 Å². The minimum Gasteiger partial charge on any atom is -0.355 e. The highest BCUT2D eigenvalue weighted by atomic mass is 16.2. The normalized spacial score (nSPS) is 15.4. The van der Waals surface area contributed by atoms with Gasteiger partial charge < -0.3 is 10.2 Å². The number of anilines is 2. The molecule has 5 nitrogen and oxygen atoms in total. The highest BCUT2D eigenvalue weighted by molar-refractivity contribution is 5.95. The lowest BCUT2D eigenvalue weighted by Gasteiger charge is -2.40. The van der Waals surface area contributed by atoms with Crippen molar-refractivity contribution in [3.63, 3.8) is 0 Å². The van der Waals surface area contributed by atoms with Crippen LogP contribution >= 0.6 is 0 Å². The second-order valence-electron chi connectivity index (χ2n) is 7.73. The molecule has 0 aliphatic carbocycles. The summed E-state index contributed by atoms with van der Waals surface area (Å²) in [5, 5.41) is 3.29. The maximum atomic E-state index is 13.0. The van der Waals surface area contributed by atoms with Crippen molar-refractivity contribution in [2.45, 2.75) is 25.2 Å². The van der Waals surface area contributed by atoms with Crippen LogP contribution in [0.2, 0.25) is 0 Å². The first-order chi connectivity index (χ1) is 14.6. The Morgan fingerprint density at radius 3 is 2.07 bits per heavy atom. The maximum Gasteiger partial charge on any atom is 0.253 e. The Morgan fingerprint density at radius 2 is 1.47 bits per heavy atom. The third-order valence-corrected chi connectivity index (χ3v) is 6.01. The number of nitrogens with one attached hydrogen (secondary N) is 1. The van der Waals surface area contributed by atoms with Gasteiger partial charge in [-0.2, -0.15) is 0 Å². The molecule has 30 heavy (non-hydrogen) atoms. The molecule has 1 N–H and O–H groups in total. The van der Waals surface area contributed by atoms with E-state index in [4.69, 9.17) is 0 Å². The summed E-state index contributed by atoms with van der Waals surface area (Å²) in [6.45, 7) is 2.81. The Kier molecular flexibility index (Phi) is 5.61. The Bertz CT molecular complexity index is 1010. The number of likely N-dealkylation sites (tertiary alicyclic amines) is 1. The van der Waals surface area contributed by atoms with Crippen molar-refractivity contribution in [1.82, 2.24) is 9.88 Å². The number of aromatic nitrogens is 1. The molecule has 3 aromatic rings. The lowest BCUT2D eigenvalue weighted by Crippen LogP contribution is -2.48. The van der Waals surface area contributed by atoms with Gasteiger partial charge in [-0.3, -0.25) is 14.6 Å². The van der Waals surface area contributed by atoms with Gasteiger partial charge in [0.2, 0.25) is 0 Å². The number of carbonyl (C=O) groups is 2. The molecule has 1 fully saturated rings. The minimum absolute atomic E-state index is 0.00988. The molecule has 0 bridgehead atoms. The molecular weight excluding hydrogens is 374 g/mol. The van der Waals surface area contributed by atoms with Crippen molar-refractivity contribution in [1.29, 1.82) is 0 Å². The summed E-state index contributed by atoms with van der Waals surface area (Å²) in [5.41, 5.74) is 3.08. The summed E-state index contributed by atoms with van der Waals surface area (Å²) in [5.74, 6) is 0.183. The van der Waals surface area contributed by atoms with E-state index < -0.39 is 5.41 Å². The number of amides is 1. The van der Waals surface area contributed by atoms with Crippen LogP contribution in [0.25, 0.3) is 0 Å². The monoisotopic (exact) mass is 399 g/mol. The summed E-state index contributed by atoms with van der Waals surface area (Å²) in [7, 11) is 0. The molecule has 1 aromatic heterocycles. The number of rotatable bonds is 5. The summed E-state index contributed by atoms with van der Waals surface area (Å²) < 4.78 is 0. The number of carbonyl (C=O) groups excluding carboxylic acids is 2. The molecule has 0 atom stereocenters. The van der Waals surface area contributed by atoms with Gasteiger partial charge in [0.1, 0.15) is 5.78 Å². The van der Waals surface area contributed by atoms with Gasteiger partial charge in [-0.05, 0) is 61.7 Å². The zero-order valence-corrected chi connectivity index (χ0v) is 17.0. The van der Waals surface area contributed by atoms with Crippen molar-refractivity contribution < 1.29 is 9.59 Å². The standard InChI is InChI=1S/C25H25N3O2/c1-19(29)25(21-5-3-2-4-6-21)13-17-28(18-14-25)24(30)20-7-9-22(10-8-20)27-23-11-15-26-16-12-23/h2-12,15-16H,13-14,17-18H2,1H3,(H,26,27). The predicted molar refractivity (Wildman–Crippen MR) is 118 cm³/mol. The molecule has 0 radical (unpaired) electrons. The topological polar surface area (TPSA) is 62.3 Å². The SMILES string of the molecule is CC(=O)C1(c2ccccc2)CCN(C(=O)c2ccc(Nc3ccncc3)cc2)CC1. The van der Waals surface area contributed by atoms with Crippen LogP contribution in [-0.2, 0) is 10.2 Å². The van der Waals surface area contributed by atoms with Crippen LogP contribution in [0.5, 0.6) is 0 Å². The van der Waals surface area contributed by atoms with Crippen molar-refractivity contribution in [2.75, 3.05) is 18.4 Å². The van der Waals surface area contributed by atoms with Crippen LogP contribution in [-0.4, -0.2) is 34.7 Å². The van der Waals surface area contributed by atoms with Crippen LogP contribution in [0, 0.1) is 0 Å². The highest BCUT2D eigenvalue weighted by Crippen LogP contribution is 2.36. The van der Waals surface area contributed by atoms with Crippen molar-refractivity contribution in [3.8, 4) is 0 Å². The lowest BCUT2D eigenvalue weighted by atomic mass is 9.70. The molecule has 2 aromatic carbocycles. The lowest BCUT2D eigenvalue weighted by molar-refractivity contribution is -0.124. The van der Waals surface area contributed by atoms with Gasteiger partial charge in [0.15, 0.2) is 0 Å². The van der Waals surface area contributed by atoms with E-state index in [1.54, 1.807) is 19.3 Å². The molecule has 1 saturated heterocycles. The molecule has 5 heteroatoms. The van der Waals surface area contributed by atoms with E-state index in [0.29, 0.717) is 31.5 Å². The molecule has 2 heterocycles. The van der Waals surface area contributed by atoms with Crippen molar-refractivity contribution >= 4 is 23.1 Å². The first-order valence-electron chi connectivity index (χ1n) is 10.2. The fraction of sp³-hybridized carbons (Fsp3) is 0.240. The first kappa shape index (κ1) is 19.8. The van der Waals surface area contributed by atoms with Crippen molar-refractivity contribution in [2.24, 2.45) is 0 Å². The summed E-state index contributed by atoms with van der Waals surface area (Å²) in [4.78, 5) is 31.4. The zero-order valence-electron chi connectivity index (χ0n) is 17.0. The first-order valence-corrected chi connectivity index (χ1v) is 10.2. The third-order valence-electron chi connectivity index (χ3n) is 6.01. The predicted octanol–water partition coefficient (Wildman–Crippen LogP) is 4.59. The molecule has 152 valence electrons. The average Bonchev–Trinajstić information content (AvgIpc) is 2.80. The number of pyridine rings is 1. The Morgan fingerprint density at radius 1 is 0.867 bits per heavy atom. The van der Waals surface area contributed by atoms with Gasteiger partial charge in [0.25, 0.3) is 5.91 Å². The van der Waals surface area contributed by atoms with E-state index in [2.05, 4.69) is 10.3 Å². The van der Waals surface area contributed by atoms with Crippen molar-refractivity contribution in [3.05, 3.63) is 90.3 Å². The molecule has 1 amide bonds. The third kappa shape index (κ3) is 3.96. The Balaban J connectivity index is 1.43. The summed E-state index contributed by atoms with van der Waals surface area (Å²) in [6.07, 6.45) is 4.76.